The predicted molar refractivity (Wildman–Crippen MR) is 65.1 cm³/mol. The zero-order valence-corrected chi connectivity index (χ0v) is 11.7. The summed E-state index contributed by atoms with van der Waals surface area (Å²) in [6, 6.07) is 2.15. The van der Waals surface area contributed by atoms with Crippen molar-refractivity contribution >= 4 is 16.0 Å². The molecule has 19 heavy (non-hydrogen) atoms. The lowest BCUT2D eigenvalue weighted by Crippen LogP contribution is -3.12. The van der Waals surface area contributed by atoms with Gasteiger partial charge in [-0.25, -0.2) is 13.1 Å². The summed E-state index contributed by atoms with van der Waals surface area (Å²) in [5, 5.41) is 10.1. The lowest BCUT2D eigenvalue weighted by Gasteiger charge is -2.15. The molecule has 2 N–H and O–H groups in total. The highest BCUT2D eigenvalue weighted by Gasteiger charge is 2.19. The summed E-state index contributed by atoms with van der Waals surface area (Å²) in [6.45, 7) is 6.78. The Bertz CT molecular complexity index is 519. The summed E-state index contributed by atoms with van der Waals surface area (Å²) in [5.41, 5.74) is 0. The van der Waals surface area contributed by atoms with Crippen molar-refractivity contribution in [2.45, 2.75) is 18.9 Å². The van der Waals surface area contributed by atoms with Crippen LogP contribution >= 0.6 is 0 Å². The fourth-order valence-corrected chi connectivity index (χ4v) is 2.57. The van der Waals surface area contributed by atoms with E-state index in [9.17, 15) is 18.3 Å². The SMILES string of the molecule is CC[NH+](CC)CCNS(=O)(=O)c1ccc(C(=O)[O-])o1. The van der Waals surface area contributed by atoms with Gasteiger partial charge in [-0.2, -0.15) is 0 Å². The standard InChI is InChI=1S/C11H18N2O5S/c1-3-13(4-2)8-7-12-19(16,17)10-6-5-9(18-10)11(14)15/h5-6,12H,3-4,7-8H2,1-2H3,(H,14,15). The van der Waals surface area contributed by atoms with Crippen LogP contribution in [0.3, 0.4) is 0 Å². The number of hydrogen-bond donors (Lipinski definition) is 2. The van der Waals surface area contributed by atoms with Crippen LogP contribution in [0.25, 0.3) is 0 Å². The molecule has 0 aliphatic rings. The van der Waals surface area contributed by atoms with Crippen LogP contribution < -0.4 is 14.7 Å². The van der Waals surface area contributed by atoms with E-state index in [1.54, 1.807) is 0 Å². The van der Waals surface area contributed by atoms with Gasteiger partial charge in [-0.05, 0) is 26.0 Å². The number of furan rings is 1. The van der Waals surface area contributed by atoms with E-state index in [2.05, 4.69) is 4.72 Å². The molecule has 8 heteroatoms. The van der Waals surface area contributed by atoms with Gasteiger partial charge in [0.2, 0.25) is 5.09 Å². The molecule has 1 rings (SSSR count). The maximum atomic E-state index is 11.8. The molecule has 0 atom stereocenters. The number of rotatable bonds is 8. The maximum Gasteiger partial charge on any atom is 0.274 e. The second-order valence-electron chi connectivity index (χ2n) is 4.01. The lowest BCUT2D eigenvalue weighted by molar-refractivity contribution is -0.895. The average Bonchev–Trinajstić information content (AvgIpc) is 2.85. The fraction of sp³-hybridized carbons (Fsp3) is 0.545. The van der Waals surface area contributed by atoms with Gasteiger partial charge >= 0.3 is 0 Å². The molecule has 0 aliphatic heterocycles. The van der Waals surface area contributed by atoms with Gasteiger partial charge in [0.05, 0.1) is 26.2 Å². The summed E-state index contributed by atoms with van der Waals surface area (Å²) in [4.78, 5) is 11.8. The van der Waals surface area contributed by atoms with E-state index in [4.69, 9.17) is 4.42 Å². The molecule has 7 nitrogen and oxygen atoms in total. The molecule has 1 heterocycles. The maximum absolute atomic E-state index is 11.8. The number of carboxylic acids is 1. The van der Waals surface area contributed by atoms with Crippen LogP contribution in [0.4, 0.5) is 0 Å². The Kier molecular flexibility index (Phi) is 5.52. The highest BCUT2D eigenvalue weighted by Crippen LogP contribution is 2.12. The van der Waals surface area contributed by atoms with Gasteiger partial charge in [-0.1, -0.05) is 0 Å². The number of hydrogen-bond acceptors (Lipinski definition) is 5. The van der Waals surface area contributed by atoms with Crippen LogP contribution in [0.2, 0.25) is 0 Å². The van der Waals surface area contributed by atoms with E-state index in [1.807, 2.05) is 13.8 Å². The van der Waals surface area contributed by atoms with Crippen LogP contribution in [0.5, 0.6) is 0 Å². The van der Waals surface area contributed by atoms with Crippen LogP contribution in [-0.4, -0.2) is 40.6 Å². The number of aromatic carboxylic acids is 1. The Morgan fingerprint density at radius 3 is 2.47 bits per heavy atom. The smallest absolute Gasteiger partial charge is 0.274 e. The first kappa shape index (κ1) is 15.7. The fourth-order valence-electron chi connectivity index (χ4n) is 1.61. The van der Waals surface area contributed by atoms with Crippen molar-refractivity contribution in [2.75, 3.05) is 26.2 Å². The third-order valence-electron chi connectivity index (χ3n) is 2.82. The molecule has 0 unspecified atom stereocenters. The van der Waals surface area contributed by atoms with Crippen molar-refractivity contribution in [3.8, 4) is 0 Å². The molecule has 0 bridgehead atoms. The summed E-state index contributed by atoms with van der Waals surface area (Å²) >= 11 is 0. The van der Waals surface area contributed by atoms with Crippen LogP contribution in [0.1, 0.15) is 24.4 Å². The van der Waals surface area contributed by atoms with Crippen molar-refractivity contribution < 1.29 is 27.6 Å². The van der Waals surface area contributed by atoms with Gasteiger partial charge in [-0.3, -0.25) is 0 Å². The van der Waals surface area contributed by atoms with Crippen molar-refractivity contribution in [1.82, 2.24) is 4.72 Å². The molecule has 108 valence electrons. The minimum Gasteiger partial charge on any atom is -0.542 e. The highest BCUT2D eigenvalue weighted by atomic mass is 32.2. The predicted octanol–water partition coefficient (Wildman–Crippen LogP) is -2.15. The topological polar surface area (TPSA) is 104 Å². The number of likely N-dealkylation sites (N-methyl/N-ethyl adjacent to an activating group) is 1. The Morgan fingerprint density at radius 2 is 2.00 bits per heavy atom. The summed E-state index contributed by atoms with van der Waals surface area (Å²) in [7, 11) is -3.81. The number of carbonyl (C=O) groups is 1. The first-order chi connectivity index (χ1) is 8.90. The van der Waals surface area contributed by atoms with Gasteiger partial charge in [-0.15, -0.1) is 0 Å². The molecule has 0 aliphatic carbocycles. The first-order valence-corrected chi connectivity index (χ1v) is 7.53. The second kappa shape index (κ2) is 6.69. The minimum absolute atomic E-state index is 0.265. The molecule has 1 aromatic rings. The van der Waals surface area contributed by atoms with E-state index in [1.165, 1.54) is 4.90 Å². The van der Waals surface area contributed by atoms with Crippen molar-refractivity contribution in [3.63, 3.8) is 0 Å². The Labute approximate surface area is 112 Å². The normalized spacial score (nSPS) is 11.9. The van der Waals surface area contributed by atoms with E-state index in [0.717, 1.165) is 25.2 Å². The number of carbonyl (C=O) groups excluding carboxylic acids is 1. The third kappa shape index (κ3) is 4.34. The molecular formula is C11H18N2O5S. The monoisotopic (exact) mass is 290 g/mol. The summed E-state index contributed by atoms with van der Waals surface area (Å²) in [5.74, 6) is -2.05. The number of quaternary nitrogens is 1. The quantitative estimate of drug-likeness (QED) is 0.568. The van der Waals surface area contributed by atoms with E-state index < -0.39 is 26.8 Å². The molecule has 0 spiro atoms. The van der Waals surface area contributed by atoms with Gasteiger partial charge < -0.3 is 19.2 Å². The first-order valence-electron chi connectivity index (χ1n) is 6.05. The zero-order valence-electron chi connectivity index (χ0n) is 10.9. The van der Waals surface area contributed by atoms with Crippen molar-refractivity contribution in [1.29, 1.82) is 0 Å². The van der Waals surface area contributed by atoms with Crippen LogP contribution in [-0.2, 0) is 10.0 Å². The van der Waals surface area contributed by atoms with E-state index in [-0.39, 0.29) is 6.54 Å². The molecule has 0 radical (unpaired) electrons. The Hall–Kier alpha value is -1.38. The second-order valence-corrected chi connectivity index (χ2v) is 5.71. The Balaban J connectivity index is 2.63. The largest absolute Gasteiger partial charge is 0.542 e. The molecule has 1 aromatic heterocycles. The van der Waals surface area contributed by atoms with Gasteiger partial charge in [0.25, 0.3) is 10.0 Å². The Morgan fingerprint density at radius 1 is 1.37 bits per heavy atom. The number of carboxylic acid groups (broad SMARTS) is 1. The van der Waals surface area contributed by atoms with E-state index in [0.29, 0.717) is 6.54 Å². The van der Waals surface area contributed by atoms with Crippen molar-refractivity contribution in [3.05, 3.63) is 17.9 Å². The molecule has 0 aromatic carbocycles. The molecule has 0 fully saturated rings. The van der Waals surface area contributed by atoms with Gasteiger partial charge in [0.15, 0.2) is 5.76 Å². The third-order valence-corrected chi connectivity index (χ3v) is 4.15. The zero-order chi connectivity index (χ0) is 14.5. The summed E-state index contributed by atoms with van der Waals surface area (Å²) in [6.07, 6.45) is 0. The number of sulfonamides is 1. The van der Waals surface area contributed by atoms with Crippen LogP contribution in [0.15, 0.2) is 21.6 Å². The van der Waals surface area contributed by atoms with Gasteiger partial charge in [0, 0.05) is 0 Å². The van der Waals surface area contributed by atoms with Crippen molar-refractivity contribution in [2.24, 2.45) is 0 Å². The molecule has 0 amide bonds. The highest BCUT2D eigenvalue weighted by molar-refractivity contribution is 7.89. The molecule has 0 saturated carbocycles. The lowest BCUT2D eigenvalue weighted by atomic mass is 10.5. The molecule has 0 saturated heterocycles. The minimum atomic E-state index is -3.81. The van der Waals surface area contributed by atoms with Gasteiger partial charge in [0.1, 0.15) is 5.97 Å². The average molecular weight is 290 g/mol. The van der Waals surface area contributed by atoms with E-state index >= 15 is 0 Å². The molecular weight excluding hydrogens is 272 g/mol. The van der Waals surface area contributed by atoms with Crippen LogP contribution in [0, 0.1) is 0 Å². The summed E-state index contributed by atoms with van der Waals surface area (Å²) < 4.78 is 30.7. The number of nitrogens with one attached hydrogen (secondary N) is 2.